The quantitative estimate of drug-likeness (QED) is 0.772. The lowest BCUT2D eigenvalue weighted by atomic mass is 10.1. The Bertz CT molecular complexity index is 778. The van der Waals surface area contributed by atoms with Crippen LogP contribution in [0, 0.1) is 6.92 Å². The summed E-state index contributed by atoms with van der Waals surface area (Å²) >= 11 is 0. The summed E-state index contributed by atoms with van der Waals surface area (Å²) in [7, 11) is 0. The molecule has 20 heavy (non-hydrogen) atoms. The number of hydrogen-bond donors (Lipinski definition) is 1. The van der Waals surface area contributed by atoms with Crippen molar-refractivity contribution in [1.29, 1.82) is 0 Å². The molecular weight excluding hydrogens is 250 g/mol. The number of carbonyl (C=O) groups excluding carboxylic acids is 1. The van der Waals surface area contributed by atoms with Gasteiger partial charge in [0.05, 0.1) is 11.1 Å². The lowest BCUT2D eigenvalue weighted by molar-refractivity contribution is 0.102. The van der Waals surface area contributed by atoms with E-state index in [1.165, 1.54) is 0 Å². The second kappa shape index (κ2) is 5.09. The molecule has 1 aromatic carbocycles. The lowest BCUT2D eigenvalue weighted by Crippen LogP contribution is -2.12. The molecule has 2 aromatic heterocycles. The first-order valence-electron chi connectivity index (χ1n) is 6.32. The number of nitrogens with zero attached hydrogens (tertiary/aromatic N) is 2. The number of aromatic nitrogens is 2. The fourth-order valence-electron chi connectivity index (χ4n) is 2.12. The van der Waals surface area contributed by atoms with E-state index in [4.69, 9.17) is 0 Å². The molecule has 0 atom stereocenters. The van der Waals surface area contributed by atoms with Gasteiger partial charge in [0.15, 0.2) is 0 Å². The van der Waals surface area contributed by atoms with Crippen LogP contribution in [0.15, 0.2) is 54.9 Å². The number of anilines is 1. The summed E-state index contributed by atoms with van der Waals surface area (Å²) in [5.41, 5.74) is 3.03. The number of para-hydroxylation sites is 1. The number of rotatable bonds is 2. The van der Waals surface area contributed by atoms with Gasteiger partial charge in [0.25, 0.3) is 5.91 Å². The van der Waals surface area contributed by atoms with E-state index >= 15 is 0 Å². The van der Waals surface area contributed by atoms with Crippen LogP contribution in [-0.2, 0) is 0 Å². The number of aryl methyl sites for hydroxylation is 1. The van der Waals surface area contributed by atoms with Crippen molar-refractivity contribution >= 4 is 22.5 Å². The number of amides is 1. The highest BCUT2D eigenvalue weighted by atomic mass is 16.1. The standard InChI is InChI=1S/C16H13N3O/c1-11-10-12(6-8-17-11)19-16(20)14-7-9-18-15-5-3-2-4-13(14)15/h2-10H,1H3,(H,17,19,20). The Kier molecular flexibility index (Phi) is 3.13. The minimum atomic E-state index is -0.144. The topological polar surface area (TPSA) is 54.9 Å². The molecule has 4 heteroatoms. The van der Waals surface area contributed by atoms with Crippen molar-refractivity contribution in [2.75, 3.05) is 5.32 Å². The Morgan fingerprint density at radius 1 is 1.05 bits per heavy atom. The van der Waals surface area contributed by atoms with Crippen LogP contribution in [0.5, 0.6) is 0 Å². The van der Waals surface area contributed by atoms with Crippen molar-refractivity contribution in [3.8, 4) is 0 Å². The van der Waals surface area contributed by atoms with Crippen LogP contribution in [0.3, 0.4) is 0 Å². The van der Waals surface area contributed by atoms with Crippen molar-refractivity contribution < 1.29 is 4.79 Å². The third-order valence-electron chi connectivity index (χ3n) is 3.05. The summed E-state index contributed by atoms with van der Waals surface area (Å²) in [4.78, 5) is 20.7. The maximum atomic E-state index is 12.4. The molecule has 0 bridgehead atoms. The van der Waals surface area contributed by atoms with Gasteiger partial charge in [-0.3, -0.25) is 14.8 Å². The highest BCUT2D eigenvalue weighted by Gasteiger charge is 2.10. The molecule has 2 heterocycles. The number of fused-ring (bicyclic) bond motifs is 1. The Hall–Kier alpha value is -2.75. The van der Waals surface area contributed by atoms with E-state index < -0.39 is 0 Å². The van der Waals surface area contributed by atoms with E-state index in [2.05, 4.69) is 15.3 Å². The predicted octanol–water partition coefficient (Wildman–Crippen LogP) is 3.19. The number of pyridine rings is 2. The molecule has 0 aliphatic carbocycles. The zero-order valence-electron chi connectivity index (χ0n) is 11.0. The Morgan fingerprint density at radius 3 is 2.70 bits per heavy atom. The molecule has 4 nitrogen and oxygen atoms in total. The summed E-state index contributed by atoms with van der Waals surface area (Å²) < 4.78 is 0. The summed E-state index contributed by atoms with van der Waals surface area (Å²) in [5.74, 6) is -0.144. The number of carbonyl (C=O) groups is 1. The molecular formula is C16H13N3O. The van der Waals surface area contributed by atoms with Gasteiger partial charge in [-0.2, -0.15) is 0 Å². The van der Waals surface area contributed by atoms with Crippen LogP contribution in [0.2, 0.25) is 0 Å². The van der Waals surface area contributed by atoms with E-state index in [0.717, 1.165) is 22.3 Å². The van der Waals surface area contributed by atoms with E-state index in [1.807, 2.05) is 37.3 Å². The third-order valence-corrected chi connectivity index (χ3v) is 3.05. The lowest BCUT2D eigenvalue weighted by Gasteiger charge is -2.08. The molecule has 0 aliphatic rings. The first-order valence-corrected chi connectivity index (χ1v) is 6.32. The van der Waals surface area contributed by atoms with Crippen LogP contribution in [0.1, 0.15) is 16.1 Å². The van der Waals surface area contributed by atoms with Crippen LogP contribution < -0.4 is 5.32 Å². The van der Waals surface area contributed by atoms with E-state index in [1.54, 1.807) is 24.5 Å². The molecule has 0 saturated carbocycles. The summed E-state index contributed by atoms with van der Waals surface area (Å²) in [5, 5.41) is 3.73. The Morgan fingerprint density at radius 2 is 1.85 bits per heavy atom. The maximum absolute atomic E-state index is 12.4. The Balaban J connectivity index is 1.97. The second-order valence-electron chi connectivity index (χ2n) is 4.52. The molecule has 3 rings (SSSR count). The normalized spacial score (nSPS) is 10.4. The SMILES string of the molecule is Cc1cc(NC(=O)c2ccnc3ccccc23)ccn1. The first kappa shape index (κ1) is 12.3. The van der Waals surface area contributed by atoms with Crippen molar-refractivity contribution in [1.82, 2.24) is 9.97 Å². The smallest absolute Gasteiger partial charge is 0.256 e. The number of nitrogens with one attached hydrogen (secondary N) is 1. The van der Waals surface area contributed by atoms with Crippen molar-refractivity contribution in [2.24, 2.45) is 0 Å². The molecule has 0 saturated heterocycles. The van der Waals surface area contributed by atoms with Crippen LogP contribution >= 0.6 is 0 Å². The highest BCUT2D eigenvalue weighted by Crippen LogP contribution is 2.18. The van der Waals surface area contributed by atoms with Gasteiger partial charge in [0, 0.05) is 29.2 Å². The van der Waals surface area contributed by atoms with Gasteiger partial charge in [-0.15, -0.1) is 0 Å². The third kappa shape index (κ3) is 2.36. The van der Waals surface area contributed by atoms with Gasteiger partial charge in [-0.1, -0.05) is 18.2 Å². The Labute approximate surface area is 116 Å². The zero-order chi connectivity index (χ0) is 13.9. The van der Waals surface area contributed by atoms with Gasteiger partial charge in [0.1, 0.15) is 0 Å². The van der Waals surface area contributed by atoms with Gasteiger partial charge in [-0.05, 0) is 31.2 Å². The maximum Gasteiger partial charge on any atom is 0.256 e. The molecule has 98 valence electrons. The van der Waals surface area contributed by atoms with E-state index in [0.29, 0.717) is 5.56 Å². The van der Waals surface area contributed by atoms with Crippen LogP contribution in [-0.4, -0.2) is 15.9 Å². The fourth-order valence-corrected chi connectivity index (χ4v) is 2.12. The molecule has 1 amide bonds. The number of benzene rings is 1. The predicted molar refractivity (Wildman–Crippen MR) is 78.7 cm³/mol. The minimum absolute atomic E-state index is 0.144. The minimum Gasteiger partial charge on any atom is -0.322 e. The van der Waals surface area contributed by atoms with Crippen molar-refractivity contribution in [3.63, 3.8) is 0 Å². The van der Waals surface area contributed by atoms with E-state index in [-0.39, 0.29) is 5.91 Å². The van der Waals surface area contributed by atoms with Crippen LogP contribution in [0.4, 0.5) is 5.69 Å². The second-order valence-corrected chi connectivity index (χ2v) is 4.52. The number of hydrogen-bond acceptors (Lipinski definition) is 3. The molecule has 3 aromatic rings. The van der Waals surface area contributed by atoms with Crippen molar-refractivity contribution in [3.05, 3.63) is 66.1 Å². The first-order chi connectivity index (χ1) is 9.74. The fraction of sp³-hybridized carbons (Fsp3) is 0.0625. The van der Waals surface area contributed by atoms with Crippen molar-refractivity contribution in [2.45, 2.75) is 6.92 Å². The largest absolute Gasteiger partial charge is 0.322 e. The molecule has 0 radical (unpaired) electrons. The highest BCUT2D eigenvalue weighted by molar-refractivity contribution is 6.12. The molecule has 0 aliphatic heterocycles. The molecule has 0 spiro atoms. The zero-order valence-corrected chi connectivity index (χ0v) is 11.0. The average molecular weight is 263 g/mol. The monoisotopic (exact) mass is 263 g/mol. The average Bonchev–Trinajstić information content (AvgIpc) is 2.46. The van der Waals surface area contributed by atoms with Gasteiger partial charge >= 0.3 is 0 Å². The summed E-state index contributed by atoms with van der Waals surface area (Å²) in [6, 6.07) is 12.9. The van der Waals surface area contributed by atoms with E-state index in [9.17, 15) is 4.79 Å². The molecule has 0 fully saturated rings. The summed E-state index contributed by atoms with van der Waals surface area (Å²) in [6.45, 7) is 1.89. The van der Waals surface area contributed by atoms with Gasteiger partial charge in [-0.25, -0.2) is 0 Å². The molecule has 0 unspecified atom stereocenters. The van der Waals surface area contributed by atoms with Gasteiger partial charge < -0.3 is 5.32 Å². The van der Waals surface area contributed by atoms with Gasteiger partial charge in [0.2, 0.25) is 0 Å². The summed E-state index contributed by atoms with van der Waals surface area (Å²) in [6.07, 6.45) is 3.32. The van der Waals surface area contributed by atoms with Crippen LogP contribution in [0.25, 0.3) is 10.9 Å². The molecule has 1 N–H and O–H groups in total.